The number of nitrogens with zero attached hydrogens (tertiary/aromatic N) is 2. The highest BCUT2D eigenvalue weighted by Gasteiger charge is 2.26. The molecule has 0 N–H and O–H groups in total. The number of benzene rings is 9. The summed E-state index contributed by atoms with van der Waals surface area (Å²) in [6.07, 6.45) is 0. The van der Waals surface area contributed by atoms with Crippen molar-refractivity contribution in [2.45, 2.75) is 0 Å². The van der Waals surface area contributed by atoms with Crippen LogP contribution in [0, 0.1) is 0 Å². The van der Waals surface area contributed by atoms with Gasteiger partial charge in [0, 0.05) is 44.7 Å². The third-order valence-electron chi connectivity index (χ3n) is 10.5. The Balaban J connectivity index is 1.33. The molecule has 0 radical (unpaired) electrons. The van der Waals surface area contributed by atoms with Gasteiger partial charge in [0.05, 0.1) is 16.7 Å². The first kappa shape index (κ1) is 28.0. The van der Waals surface area contributed by atoms with E-state index in [0.717, 1.165) is 55.7 Å². The molecule has 3 nitrogen and oxygen atoms in total. The standard InChI is InChI=1S/C48H30N2O/c1-3-15-31(16-4-1)49(33-27-28-38-36-21-8-7-19-34(36)35-20-9-10-22-37(35)41(38)29-33)43-30-45-46(40-24-12-14-26-44(40)51-45)47-39-23-11-13-25-42(39)50(48(43)47)32-17-5-2-6-18-32/h1-30H. The van der Waals surface area contributed by atoms with Crippen molar-refractivity contribution in [3.8, 4) is 5.69 Å². The number of rotatable bonds is 4. The van der Waals surface area contributed by atoms with E-state index in [1.54, 1.807) is 0 Å². The summed E-state index contributed by atoms with van der Waals surface area (Å²) in [6.45, 7) is 0. The van der Waals surface area contributed by atoms with Crippen molar-refractivity contribution < 1.29 is 4.42 Å². The minimum Gasteiger partial charge on any atom is -0.456 e. The van der Waals surface area contributed by atoms with Crippen molar-refractivity contribution in [3.05, 3.63) is 182 Å². The molecule has 0 atom stereocenters. The molecule has 0 unspecified atom stereocenters. The zero-order chi connectivity index (χ0) is 33.5. The fourth-order valence-corrected chi connectivity index (χ4v) is 8.41. The van der Waals surface area contributed by atoms with Gasteiger partial charge < -0.3 is 13.9 Å². The molecule has 238 valence electrons. The van der Waals surface area contributed by atoms with E-state index < -0.39 is 0 Å². The molecule has 2 aromatic heterocycles. The molecule has 0 aliphatic carbocycles. The third-order valence-corrected chi connectivity index (χ3v) is 10.5. The van der Waals surface area contributed by atoms with Crippen LogP contribution in [-0.4, -0.2) is 4.57 Å². The first-order chi connectivity index (χ1) is 25.3. The normalized spacial score (nSPS) is 11.9. The number of aromatic nitrogens is 1. The van der Waals surface area contributed by atoms with Gasteiger partial charge in [-0.05, 0) is 80.8 Å². The van der Waals surface area contributed by atoms with Crippen molar-refractivity contribution in [1.82, 2.24) is 4.57 Å². The van der Waals surface area contributed by atoms with Crippen molar-refractivity contribution >= 4 is 93.1 Å². The molecule has 3 heteroatoms. The number of furan rings is 1. The van der Waals surface area contributed by atoms with Crippen LogP contribution in [0.3, 0.4) is 0 Å². The molecule has 11 aromatic rings. The predicted molar refractivity (Wildman–Crippen MR) is 215 cm³/mol. The Morgan fingerprint density at radius 2 is 0.922 bits per heavy atom. The molecule has 0 bridgehead atoms. The lowest BCUT2D eigenvalue weighted by Crippen LogP contribution is -2.11. The van der Waals surface area contributed by atoms with Crippen LogP contribution >= 0.6 is 0 Å². The minimum atomic E-state index is 0.868. The summed E-state index contributed by atoms with van der Waals surface area (Å²) in [5, 5.41) is 12.2. The second kappa shape index (κ2) is 10.8. The van der Waals surface area contributed by atoms with Crippen LogP contribution in [0.2, 0.25) is 0 Å². The van der Waals surface area contributed by atoms with E-state index in [2.05, 4.69) is 191 Å². The van der Waals surface area contributed by atoms with E-state index >= 15 is 0 Å². The topological polar surface area (TPSA) is 21.3 Å². The summed E-state index contributed by atoms with van der Waals surface area (Å²) < 4.78 is 9.16. The van der Waals surface area contributed by atoms with Gasteiger partial charge in [0.1, 0.15) is 11.2 Å². The van der Waals surface area contributed by atoms with E-state index in [1.807, 2.05) is 0 Å². The maximum atomic E-state index is 6.73. The molecule has 9 aromatic carbocycles. The highest BCUT2D eigenvalue weighted by molar-refractivity contribution is 6.31. The predicted octanol–water partition coefficient (Wildman–Crippen LogP) is 13.6. The zero-order valence-corrected chi connectivity index (χ0v) is 27.6. The lowest BCUT2D eigenvalue weighted by molar-refractivity contribution is 0.669. The Hall–Kier alpha value is -6.84. The second-order valence-electron chi connectivity index (χ2n) is 13.3. The van der Waals surface area contributed by atoms with Crippen LogP contribution in [0.5, 0.6) is 0 Å². The summed E-state index contributed by atoms with van der Waals surface area (Å²) in [4.78, 5) is 2.41. The van der Waals surface area contributed by atoms with E-state index in [1.165, 1.54) is 43.1 Å². The van der Waals surface area contributed by atoms with Crippen molar-refractivity contribution in [3.63, 3.8) is 0 Å². The van der Waals surface area contributed by atoms with Gasteiger partial charge in [-0.3, -0.25) is 0 Å². The first-order valence-electron chi connectivity index (χ1n) is 17.4. The van der Waals surface area contributed by atoms with Gasteiger partial charge in [0.15, 0.2) is 0 Å². The fraction of sp³-hybridized carbons (Fsp3) is 0. The molecule has 0 amide bonds. The van der Waals surface area contributed by atoms with E-state index in [-0.39, 0.29) is 0 Å². The van der Waals surface area contributed by atoms with Crippen LogP contribution in [-0.2, 0) is 0 Å². The number of hydrogen-bond donors (Lipinski definition) is 0. The van der Waals surface area contributed by atoms with Gasteiger partial charge in [-0.2, -0.15) is 0 Å². The monoisotopic (exact) mass is 650 g/mol. The summed E-state index contributed by atoms with van der Waals surface area (Å²) in [7, 11) is 0. The molecule has 0 aliphatic heterocycles. The lowest BCUT2D eigenvalue weighted by Gasteiger charge is -2.28. The fourth-order valence-electron chi connectivity index (χ4n) is 8.41. The second-order valence-corrected chi connectivity index (χ2v) is 13.3. The molecule has 0 fully saturated rings. The van der Waals surface area contributed by atoms with Crippen LogP contribution < -0.4 is 4.90 Å². The average molecular weight is 651 g/mol. The maximum absolute atomic E-state index is 6.73. The number of fused-ring (bicyclic) bond motifs is 13. The van der Waals surface area contributed by atoms with Gasteiger partial charge >= 0.3 is 0 Å². The molecule has 11 rings (SSSR count). The largest absolute Gasteiger partial charge is 0.456 e. The SMILES string of the molecule is c1ccc(N(c2ccc3c4ccccc4c4ccccc4c3c2)c2cc3oc4ccccc4c3c3c4ccccc4n(-c4ccccc4)c23)cc1. The molecular formula is C48H30N2O. The Morgan fingerprint density at radius 3 is 1.63 bits per heavy atom. The molecule has 0 aliphatic rings. The summed E-state index contributed by atoms with van der Waals surface area (Å²) in [5.74, 6) is 0. The Kier molecular flexibility index (Phi) is 5.96. The lowest BCUT2D eigenvalue weighted by atomic mass is 9.94. The molecule has 0 spiro atoms. The number of hydrogen-bond acceptors (Lipinski definition) is 2. The van der Waals surface area contributed by atoms with Gasteiger partial charge in [0.2, 0.25) is 0 Å². The Morgan fingerprint density at radius 1 is 0.373 bits per heavy atom. The molecular weight excluding hydrogens is 621 g/mol. The van der Waals surface area contributed by atoms with Gasteiger partial charge in [-0.25, -0.2) is 0 Å². The molecule has 51 heavy (non-hydrogen) atoms. The Bertz CT molecular complexity index is 3100. The summed E-state index contributed by atoms with van der Waals surface area (Å²) in [6, 6.07) is 65.4. The van der Waals surface area contributed by atoms with Gasteiger partial charge in [-0.1, -0.05) is 127 Å². The molecule has 0 saturated carbocycles. The first-order valence-corrected chi connectivity index (χ1v) is 17.4. The average Bonchev–Trinajstić information content (AvgIpc) is 3.75. The Labute approximate surface area is 293 Å². The highest BCUT2D eigenvalue weighted by atomic mass is 16.3. The summed E-state index contributed by atoms with van der Waals surface area (Å²) >= 11 is 0. The van der Waals surface area contributed by atoms with Crippen LogP contribution in [0.1, 0.15) is 0 Å². The van der Waals surface area contributed by atoms with Crippen molar-refractivity contribution in [1.29, 1.82) is 0 Å². The van der Waals surface area contributed by atoms with E-state index in [4.69, 9.17) is 4.42 Å². The van der Waals surface area contributed by atoms with Gasteiger partial charge in [0.25, 0.3) is 0 Å². The van der Waals surface area contributed by atoms with E-state index in [9.17, 15) is 0 Å². The van der Waals surface area contributed by atoms with Crippen LogP contribution in [0.4, 0.5) is 17.1 Å². The minimum absolute atomic E-state index is 0.868. The smallest absolute Gasteiger partial charge is 0.138 e. The third kappa shape index (κ3) is 4.06. The number of anilines is 3. The van der Waals surface area contributed by atoms with Crippen LogP contribution in [0.15, 0.2) is 186 Å². The van der Waals surface area contributed by atoms with Gasteiger partial charge in [-0.15, -0.1) is 0 Å². The van der Waals surface area contributed by atoms with Crippen molar-refractivity contribution in [2.24, 2.45) is 0 Å². The zero-order valence-electron chi connectivity index (χ0n) is 27.6. The maximum Gasteiger partial charge on any atom is 0.138 e. The quantitative estimate of drug-likeness (QED) is 0.177. The highest BCUT2D eigenvalue weighted by Crippen LogP contribution is 2.49. The summed E-state index contributed by atoms with van der Waals surface area (Å²) in [5.41, 5.74) is 8.36. The molecule has 2 heterocycles. The van der Waals surface area contributed by atoms with Crippen molar-refractivity contribution in [2.75, 3.05) is 4.90 Å². The molecule has 0 saturated heterocycles. The van der Waals surface area contributed by atoms with Crippen LogP contribution in [0.25, 0.3) is 81.7 Å². The number of para-hydroxylation sites is 4. The van der Waals surface area contributed by atoms with E-state index in [0.29, 0.717) is 0 Å².